The molecule has 1 N–H and O–H groups in total. The highest BCUT2D eigenvalue weighted by molar-refractivity contribution is 5.91. The van der Waals surface area contributed by atoms with Crippen molar-refractivity contribution in [2.75, 3.05) is 13.7 Å². The molecule has 0 aliphatic carbocycles. The first-order valence-electron chi connectivity index (χ1n) is 13.8. The lowest BCUT2D eigenvalue weighted by Gasteiger charge is -2.30. The second-order valence-corrected chi connectivity index (χ2v) is 11.4. The molecule has 3 rings (SSSR count). The zero-order chi connectivity index (χ0) is 31.0. The van der Waals surface area contributed by atoms with Crippen LogP contribution in [0.2, 0.25) is 0 Å². The van der Waals surface area contributed by atoms with E-state index in [4.69, 9.17) is 9.47 Å². The van der Waals surface area contributed by atoms with Crippen molar-refractivity contribution in [1.29, 1.82) is 0 Å². The number of amides is 2. The minimum absolute atomic E-state index is 0.184. The van der Waals surface area contributed by atoms with Crippen LogP contribution in [0.5, 0.6) is 0 Å². The highest BCUT2D eigenvalue weighted by Crippen LogP contribution is 2.25. The molecule has 11 heteroatoms. The Kier molecular flexibility index (Phi) is 11.1. The molecular formula is C31H37F3N2O6. The number of nitrogens with zero attached hydrogens (tertiary/aromatic N) is 1. The number of nitrogens with one attached hydrogen (secondary N) is 1. The monoisotopic (exact) mass is 590 g/mol. The van der Waals surface area contributed by atoms with Crippen LogP contribution in [0.4, 0.5) is 13.2 Å². The Balaban J connectivity index is 1.80. The van der Waals surface area contributed by atoms with E-state index in [1.807, 2.05) is 30.3 Å². The summed E-state index contributed by atoms with van der Waals surface area (Å²) in [7, 11) is 1.15. The van der Waals surface area contributed by atoms with Crippen molar-refractivity contribution >= 4 is 23.8 Å². The van der Waals surface area contributed by atoms with Gasteiger partial charge in [-0.25, -0.2) is 13.2 Å². The molecule has 42 heavy (non-hydrogen) atoms. The van der Waals surface area contributed by atoms with Crippen LogP contribution in [0.25, 0.3) is 0 Å². The fourth-order valence-electron chi connectivity index (χ4n) is 5.01. The van der Waals surface area contributed by atoms with Gasteiger partial charge in [0.1, 0.15) is 17.5 Å². The Morgan fingerprint density at radius 1 is 0.952 bits per heavy atom. The molecule has 1 aliphatic heterocycles. The van der Waals surface area contributed by atoms with Crippen LogP contribution < -0.4 is 5.32 Å². The Bertz CT molecular complexity index is 1280. The van der Waals surface area contributed by atoms with Gasteiger partial charge in [-0.2, -0.15) is 0 Å². The van der Waals surface area contributed by atoms with Crippen LogP contribution in [0, 0.1) is 23.4 Å². The van der Waals surface area contributed by atoms with Gasteiger partial charge < -0.3 is 19.7 Å². The maximum atomic E-state index is 14.4. The maximum Gasteiger partial charge on any atom is 0.307 e. The predicted octanol–water partition coefficient (Wildman–Crippen LogP) is 4.28. The Hall–Kier alpha value is -3.89. The van der Waals surface area contributed by atoms with Crippen molar-refractivity contribution in [3.63, 3.8) is 0 Å². The smallest absolute Gasteiger partial charge is 0.307 e. The number of halogens is 3. The summed E-state index contributed by atoms with van der Waals surface area (Å²) in [4.78, 5) is 53.5. The molecule has 0 radical (unpaired) electrons. The quantitative estimate of drug-likeness (QED) is 0.310. The van der Waals surface area contributed by atoms with Crippen LogP contribution in [-0.2, 0) is 41.5 Å². The van der Waals surface area contributed by atoms with Gasteiger partial charge in [0.25, 0.3) is 0 Å². The van der Waals surface area contributed by atoms with Crippen LogP contribution in [0.3, 0.4) is 0 Å². The fraction of sp³-hybridized carbons (Fsp3) is 0.484. The molecule has 0 aromatic heterocycles. The van der Waals surface area contributed by atoms with Crippen molar-refractivity contribution < 1.29 is 41.8 Å². The van der Waals surface area contributed by atoms with Gasteiger partial charge in [0.2, 0.25) is 11.8 Å². The average Bonchev–Trinajstić information content (AvgIpc) is 3.40. The molecule has 8 nitrogen and oxygen atoms in total. The predicted molar refractivity (Wildman–Crippen MR) is 147 cm³/mol. The molecule has 0 saturated carbocycles. The van der Waals surface area contributed by atoms with E-state index in [0.29, 0.717) is 25.0 Å². The Morgan fingerprint density at radius 2 is 1.62 bits per heavy atom. The van der Waals surface area contributed by atoms with Crippen molar-refractivity contribution in [2.45, 2.75) is 77.0 Å². The fourth-order valence-corrected chi connectivity index (χ4v) is 5.01. The molecule has 1 saturated heterocycles. The van der Waals surface area contributed by atoms with Crippen LogP contribution in [0.1, 0.15) is 57.6 Å². The van der Waals surface area contributed by atoms with E-state index in [1.54, 1.807) is 20.8 Å². The first-order valence-corrected chi connectivity index (χ1v) is 13.8. The molecule has 2 aromatic rings. The first-order chi connectivity index (χ1) is 19.8. The van der Waals surface area contributed by atoms with E-state index in [-0.39, 0.29) is 37.8 Å². The van der Waals surface area contributed by atoms with Gasteiger partial charge in [0.05, 0.1) is 25.9 Å². The number of hydrogen-bond donors (Lipinski definition) is 1. The molecule has 2 unspecified atom stereocenters. The van der Waals surface area contributed by atoms with Gasteiger partial charge in [-0.15, -0.1) is 0 Å². The number of likely N-dealkylation sites (tertiary alicyclic amines) is 1. The molecule has 1 heterocycles. The van der Waals surface area contributed by atoms with Crippen molar-refractivity contribution in [3.8, 4) is 0 Å². The summed E-state index contributed by atoms with van der Waals surface area (Å²) in [5, 5.41) is 2.67. The molecule has 1 aliphatic rings. The molecule has 2 aromatic carbocycles. The lowest BCUT2D eigenvalue weighted by atomic mass is 9.94. The topological polar surface area (TPSA) is 102 Å². The average molecular weight is 591 g/mol. The van der Waals surface area contributed by atoms with E-state index in [1.165, 1.54) is 4.90 Å². The summed E-state index contributed by atoms with van der Waals surface area (Å²) < 4.78 is 51.8. The summed E-state index contributed by atoms with van der Waals surface area (Å²) in [5.41, 5.74) is -0.135. The molecule has 1 fully saturated rings. The van der Waals surface area contributed by atoms with Crippen LogP contribution in [0.15, 0.2) is 42.5 Å². The summed E-state index contributed by atoms with van der Waals surface area (Å²) >= 11 is 0. The first kappa shape index (κ1) is 32.6. The second kappa shape index (κ2) is 14.3. The zero-order valence-corrected chi connectivity index (χ0v) is 24.3. The standard InChI is InChI=1S/C31H37F3N2O6/c1-31(2,3)42-28(38)16-21(13-19-9-6-5-7-10-19)30(40)36-12-8-11-26(36)29(39)35-22(17-27(37)41-4)14-20-15-24(33)25(34)18-23(20)32/h5-7,9-10,15,18,21-22,26H,8,11-14,16-17H2,1-4H3,(H,35,39)/t21?,22-,26?/m1/s1. The number of benzene rings is 2. The third kappa shape index (κ3) is 9.32. The summed E-state index contributed by atoms with van der Waals surface area (Å²) in [6.45, 7) is 5.47. The molecule has 228 valence electrons. The summed E-state index contributed by atoms with van der Waals surface area (Å²) in [6, 6.07) is 8.33. The Morgan fingerprint density at radius 3 is 2.26 bits per heavy atom. The second-order valence-electron chi connectivity index (χ2n) is 11.4. The largest absolute Gasteiger partial charge is 0.469 e. The molecule has 0 spiro atoms. The third-order valence-electron chi connectivity index (χ3n) is 6.89. The lowest BCUT2D eigenvalue weighted by Crippen LogP contribution is -2.51. The Labute approximate surface area is 243 Å². The number of hydrogen-bond acceptors (Lipinski definition) is 6. The van der Waals surface area contributed by atoms with E-state index in [0.717, 1.165) is 12.7 Å². The minimum Gasteiger partial charge on any atom is -0.469 e. The van der Waals surface area contributed by atoms with Gasteiger partial charge >= 0.3 is 11.9 Å². The summed E-state index contributed by atoms with van der Waals surface area (Å²) in [5.74, 6) is -6.67. The zero-order valence-electron chi connectivity index (χ0n) is 24.3. The highest BCUT2D eigenvalue weighted by Gasteiger charge is 2.39. The van der Waals surface area contributed by atoms with Crippen LogP contribution in [-0.4, -0.2) is 60.0 Å². The number of esters is 2. The lowest BCUT2D eigenvalue weighted by molar-refractivity contribution is -0.158. The van der Waals surface area contributed by atoms with Gasteiger partial charge in [-0.1, -0.05) is 30.3 Å². The van der Waals surface area contributed by atoms with Gasteiger partial charge in [-0.05, 0) is 63.6 Å². The number of carbonyl (C=O) groups excluding carboxylic acids is 4. The number of rotatable bonds is 11. The number of methoxy groups -OCH3 is 1. The normalized spacial score (nSPS) is 16.5. The van der Waals surface area contributed by atoms with Crippen molar-refractivity contribution in [3.05, 3.63) is 71.0 Å². The van der Waals surface area contributed by atoms with E-state index in [9.17, 15) is 32.3 Å². The molecular weight excluding hydrogens is 553 g/mol. The van der Waals surface area contributed by atoms with Gasteiger partial charge in [0, 0.05) is 18.7 Å². The van der Waals surface area contributed by atoms with Gasteiger partial charge in [-0.3, -0.25) is 19.2 Å². The molecule has 0 bridgehead atoms. The summed E-state index contributed by atoms with van der Waals surface area (Å²) in [6.07, 6.45) is 0.233. The third-order valence-corrected chi connectivity index (χ3v) is 6.89. The minimum atomic E-state index is -1.36. The van der Waals surface area contributed by atoms with Crippen molar-refractivity contribution in [2.24, 2.45) is 5.92 Å². The highest BCUT2D eigenvalue weighted by atomic mass is 19.2. The van der Waals surface area contributed by atoms with E-state index >= 15 is 0 Å². The van der Waals surface area contributed by atoms with Crippen molar-refractivity contribution in [1.82, 2.24) is 10.2 Å². The number of ether oxygens (including phenoxy) is 2. The van der Waals surface area contributed by atoms with Crippen LogP contribution >= 0.6 is 0 Å². The maximum absolute atomic E-state index is 14.4. The number of carbonyl (C=O) groups is 4. The molecule has 3 atom stereocenters. The SMILES string of the molecule is COC(=O)C[C@@H](Cc1cc(F)c(F)cc1F)NC(=O)C1CCCN1C(=O)C(CC(=O)OC(C)(C)C)Cc1ccccc1. The van der Waals surface area contributed by atoms with E-state index < -0.39 is 64.8 Å². The van der Waals surface area contributed by atoms with E-state index in [2.05, 4.69) is 5.32 Å². The molecule has 2 amide bonds. The van der Waals surface area contributed by atoms with Gasteiger partial charge in [0.15, 0.2) is 11.6 Å².